The zero-order chi connectivity index (χ0) is 19.9. The van der Waals surface area contributed by atoms with Gasteiger partial charge in [-0.25, -0.2) is 4.98 Å². The molecule has 29 heavy (non-hydrogen) atoms. The number of hydrogen-bond acceptors (Lipinski definition) is 6. The second-order valence-electron chi connectivity index (χ2n) is 6.36. The molecule has 6 heteroatoms. The van der Waals surface area contributed by atoms with Crippen LogP contribution >= 0.6 is 11.3 Å². The lowest BCUT2D eigenvalue weighted by molar-refractivity contribution is 1.23. The average Bonchev–Trinajstić information content (AvgIpc) is 3.18. The van der Waals surface area contributed by atoms with Crippen LogP contribution in [0.2, 0.25) is 0 Å². The summed E-state index contributed by atoms with van der Waals surface area (Å²) in [6.07, 6.45) is 1.76. The Morgan fingerprint density at radius 2 is 1.52 bits per heavy atom. The van der Waals surface area contributed by atoms with E-state index < -0.39 is 0 Å². The van der Waals surface area contributed by atoms with Gasteiger partial charge in [0.1, 0.15) is 5.69 Å². The molecule has 1 aromatic heterocycles. The van der Waals surface area contributed by atoms with Crippen LogP contribution in [0.5, 0.6) is 0 Å². The molecule has 0 aliphatic rings. The van der Waals surface area contributed by atoms with E-state index in [9.17, 15) is 0 Å². The zero-order valence-electron chi connectivity index (χ0n) is 15.9. The highest BCUT2D eigenvalue weighted by atomic mass is 32.1. The van der Waals surface area contributed by atoms with Gasteiger partial charge < -0.3 is 0 Å². The van der Waals surface area contributed by atoms with Crippen molar-refractivity contribution in [2.45, 2.75) is 6.92 Å². The van der Waals surface area contributed by atoms with Crippen molar-refractivity contribution >= 4 is 33.4 Å². The predicted octanol–water partition coefficient (Wildman–Crippen LogP) is 6.98. The van der Waals surface area contributed by atoms with E-state index in [4.69, 9.17) is 0 Å². The second kappa shape index (κ2) is 9.03. The molecule has 0 fully saturated rings. The summed E-state index contributed by atoms with van der Waals surface area (Å²) in [5.41, 5.74) is 7.78. The van der Waals surface area contributed by atoms with Crippen LogP contribution in [-0.4, -0.2) is 11.2 Å². The van der Waals surface area contributed by atoms with E-state index in [2.05, 4.69) is 25.7 Å². The quantitative estimate of drug-likeness (QED) is 0.217. The Kier molecular flexibility index (Phi) is 5.83. The average molecular weight is 398 g/mol. The molecule has 0 saturated heterocycles. The molecule has 3 aromatic carbocycles. The van der Waals surface area contributed by atoms with Crippen molar-refractivity contribution < 1.29 is 0 Å². The summed E-state index contributed by atoms with van der Waals surface area (Å²) in [4.78, 5) is 4.68. The third-order valence-corrected chi connectivity index (χ3v) is 4.96. The van der Waals surface area contributed by atoms with Crippen LogP contribution in [0.15, 0.2) is 100 Å². The highest BCUT2D eigenvalue weighted by molar-refractivity contribution is 7.19. The lowest BCUT2D eigenvalue weighted by Gasteiger charge is -1.97. The van der Waals surface area contributed by atoms with Crippen LogP contribution in [0.4, 0.5) is 15.8 Å². The number of anilines is 1. The number of hydrazone groups is 1. The first kappa shape index (κ1) is 18.7. The van der Waals surface area contributed by atoms with E-state index in [0.717, 1.165) is 27.5 Å². The molecule has 0 aliphatic heterocycles. The number of benzene rings is 3. The minimum absolute atomic E-state index is 0.661. The molecule has 1 N–H and O–H groups in total. The summed E-state index contributed by atoms with van der Waals surface area (Å²) < 4.78 is 0. The van der Waals surface area contributed by atoms with Crippen LogP contribution in [0.1, 0.15) is 11.1 Å². The van der Waals surface area contributed by atoms with Crippen molar-refractivity contribution in [3.63, 3.8) is 0 Å². The van der Waals surface area contributed by atoms with Crippen molar-refractivity contribution in [3.8, 4) is 11.3 Å². The molecule has 0 amide bonds. The molecular weight excluding hydrogens is 378 g/mol. The van der Waals surface area contributed by atoms with Crippen LogP contribution in [0, 0.1) is 6.92 Å². The number of azo groups is 1. The van der Waals surface area contributed by atoms with E-state index in [1.54, 1.807) is 6.21 Å². The van der Waals surface area contributed by atoms with E-state index in [0.29, 0.717) is 5.13 Å². The molecule has 0 atom stereocenters. The Balaban J connectivity index is 1.60. The van der Waals surface area contributed by atoms with Gasteiger partial charge in [0, 0.05) is 5.56 Å². The lowest BCUT2D eigenvalue weighted by Crippen LogP contribution is -1.89. The Hall–Kier alpha value is -3.64. The van der Waals surface area contributed by atoms with Crippen LogP contribution in [0.25, 0.3) is 11.3 Å². The normalized spacial score (nSPS) is 11.3. The zero-order valence-corrected chi connectivity index (χ0v) is 16.7. The van der Waals surface area contributed by atoms with Crippen LogP contribution in [0.3, 0.4) is 0 Å². The predicted molar refractivity (Wildman–Crippen MR) is 121 cm³/mol. The maximum Gasteiger partial charge on any atom is 0.206 e. The number of nitrogens with one attached hydrogen (secondary N) is 1. The van der Waals surface area contributed by atoms with Gasteiger partial charge in [-0.15, -0.1) is 10.2 Å². The van der Waals surface area contributed by atoms with Gasteiger partial charge >= 0.3 is 0 Å². The molecule has 0 spiro atoms. The molecule has 0 aliphatic carbocycles. The molecule has 0 bridgehead atoms. The van der Waals surface area contributed by atoms with Crippen molar-refractivity contribution in [2.24, 2.45) is 15.3 Å². The maximum atomic E-state index is 4.68. The van der Waals surface area contributed by atoms with Crippen LogP contribution in [-0.2, 0) is 0 Å². The number of rotatable bonds is 6. The van der Waals surface area contributed by atoms with E-state index in [-0.39, 0.29) is 0 Å². The van der Waals surface area contributed by atoms with Crippen molar-refractivity contribution in [1.29, 1.82) is 0 Å². The first-order valence-corrected chi connectivity index (χ1v) is 9.98. The Bertz CT molecular complexity index is 1120. The fourth-order valence-corrected chi connectivity index (χ4v) is 3.39. The summed E-state index contributed by atoms with van der Waals surface area (Å²) in [5, 5.41) is 14.5. The Morgan fingerprint density at radius 3 is 2.24 bits per heavy atom. The standard InChI is InChI=1S/C23H19N5S/c1-17-12-14-20(15-13-17)26-27-22-21(19-10-6-3-7-11-19)25-23(29-22)28-24-16-18-8-4-2-5-9-18/h2-16H,1H3,(H,25,28)/b24-16+,27-26?. The fraction of sp³-hybridized carbons (Fsp3) is 0.0435. The summed E-state index contributed by atoms with van der Waals surface area (Å²) in [6, 6.07) is 27.8. The molecular formula is C23H19N5S. The first-order chi connectivity index (χ1) is 14.3. The minimum atomic E-state index is 0.661. The molecule has 0 saturated carbocycles. The van der Waals surface area contributed by atoms with Crippen molar-refractivity contribution in [2.75, 3.05) is 5.43 Å². The molecule has 4 rings (SSSR count). The Labute approximate surface area is 173 Å². The fourth-order valence-electron chi connectivity index (χ4n) is 2.63. The number of aryl methyl sites for hydroxylation is 1. The smallest absolute Gasteiger partial charge is 0.206 e. The molecule has 5 nitrogen and oxygen atoms in total. The Morgan fingerprint density at radius 1 is 0.828 bits per heavy atom. The van der Waals surface area contributed by atoms with E-state index in [1.165, 1.54) is 16.9 Å². The number of hydrogen-bond donors (Lipinski definition) is 1. The van der Waals surface area contributed by atoms with Gasteiger partial charge in [-0.1, -0.05) is 89.7 Å². The molecule has 0 radical (unpaired) electrons. The minimum Gasteiger partial charge on any atom is -0.253 e. The van der Waals surface area contributed by atoms with Gasteiger partial charge in [0.25, 0.3) is 0 Å². The number of nitrogens with zero attached hydrogens (tertiary/aromatic N) is 4. The summed E-state index contributed by atoms with van der Waals surface area (Å²) in [7, 11) is 0. The number of thiazole rings is 1. The van der Waals surface area contributed by atoms with Crippen molar-refractivity contribution in [1.82, 2.24) is 4.98 Å². The van der Waals surface area contributed by atoms with E-state index >= 15 is 0 Å². The van der Waals surface area contributed by atoms with E-state index in [1.807, 2.05) is 91.9 Å². The summed E-state index contributed by atoms with van der Waals surface area (Å²) >= 11 is 1.42. The highest BCUT2D eigenvalue weighted by Gasteiger charge is 2.12. The number of aromatic nitrogens is 1. The van der Waals surface area contributed by atoms with Gasteiger partial charge in [0.05, 0.1) is 11.9 Å². The van der Waals surface area contributed by atoms with Crippen molar-refractivity contribution in [3.05, 3.63) is 96.1 Å². The van der Waals surface area contributed by atoms with Gasteiger partial charge in [-0.2, -0.15) is 5.10 Å². The lowest BCUT2D eigenvalue weighted by atomic mass is 10.2. The van der Waals surface area contributed by atoms with Crippen LogP contribution < -0.4 is 5.43 Å². The highest BCUT2D eigenvalue weighted by Crippen LogP contribution is 2.39. The molecule has 4 aromatic rings. The van der Waals surface area contributed by atoms with Gasteiger partial charge in [-0.3, -0.25) is 5.43 Å². The first-order valence-electron chi connectivity index (χ1n) is 9.17. The third kappa shape index (κ3) is 5.00. The largest absolute Gasteiger partial charge is 0.253 e. The molecule has 0 unspecified atom stereocenters. The topological polar surface area (TPSA) is 62.0 Å². The third-order valence-electron chi connectivity index (χ3n) is 4.12. The second-order valence-corrected chi connectivity index (χ2v) is 7.33. The molecule has 1 heterocycles. The monoisotopic (exact) mass is 397 g/mol. The summed E-state index contributed by atoms with van der Waals surface area (Å²) in [5.74, 6) is 0. The van der Waals surface area contributed by atoms with Gasteiger partial charge in [0.2, 0.25) is 5.13 Å². The van der Waals surface area contributed by atoms with Gasteiger partial charge in [-0.05, 0) is 24.6 Å². The SMILES string of the molecule is Cc1ccc(N=Nc2sc(N/N=C/c3ccccc3)nc2-c2ccccc2)cc1. The summed E-state index contributed by atoms with van der Waals surface area (Å²) in [6.45, 7) is 2.05. The maximum absolute atomic E-state index is 4.68. The van der Waals surface area contributed by atoms with Gasteiger partial charge in [0.15, 0.2) is 5.00 Å². The molecule has 142 valence electrons.